The van der Waals surface area contributed by atoms with Crippen molar-refractivity contribution in [3.05, 3.63) is 29.3 Å². The van der Waals surface area contributed by atoms with Crippen LogP contribution in [0.15, 0.2) is 18.2 Å². The Kier molecular flexibility index (Phi) is 5.32. The molecule has 32 heavy (non-hydrogen) atoms. The van der Waals surface area contributed by atoms with Crippen molar-refractivity contribution < 1.29 is 39.5 Å². The molecule has 1 aliphatic heterocycles. The van der Waals surface area contributed by atoms with Crippen LogP contribution in [0.2, 0.25) is 0 Å². The van der Waals surface area contributed by atoms with E-state index in [9.17, 15) is 30.0 Å². The number of aliphatic hydroxyl groups is 3. The van der Waals surface area contributed by atoms with Crippen LogP contribution in [0, 0.1) is 17.3 Å². The Morgan fingerprint density at radius 2 is 1.88 bits per heavy atom. The molecule has 1 saturated heterocycles. The van der Waals surface area contributed by atoms with Gasteiger partial charge >= 0.3 is 5.97 Å². The number of carboxylic acid groups (broad SMARTS) is 1. The molecule has 2 saturated carbocycles. The molecule has 0 amide bonds. The van der Waals surface area contributed by atoms with E-state index in [1.165, 1.54) is 5.56 Å². The average Bonchev–Trinajstić information content (AvgIpc) is 3.08. The first-order valence-corrected chi connectivity index (χ1v) is 11.5. The van der Waals surface area contributed by atoms with Gasteiger partial charge in [-0.05, 0) is 73.1 Å². The fourth-order valence-electron chi connectivity index (χ4n) is 6.69. The summed E-state index contributed by atoms with van der Waals surface area (Å²) in [6.07, 6.45) is -2.65. The number of aliphatic hydroxyl groups excluding tert-OH is 3. The van der Waals surface area contributed by atoms with E-state index in [0.29, 0.717) is 35.7 Å². The van der Waals surface area contributed by atoms with Crippen molar-refractivity contribution in [3.8, 4) is 5.75 Å². The molecule has 1 heterocycles. The summed E-state index contributed by atoms with van der Waals surface area (Å²) in [7, 11) is 0. The predicted molar refractivity (Wildman–Crippen MR) is 111 cm³/mol. The first-order valence-electron chi connectivity index (χ1n) is 11.5. The number of hydrogen-bond acceptors (Lipinski definition) is 7. The van der Waals surface area contributed by atoms with Crippen LogP contribution in [0.4, 0.5) is 0 Å². The lowest BCUT2D eigenvalue weighted by Gasteiger charge is -2.48. The van der Waals surface area contributed by atoms with Crippen molar-refractivity contribution in [1.29, 1.82) is 0 Å². The first-order chi connectivity index (χ1) is 15.2. The molecule has 0 spiro atoms. The van der Waals surface area contributed by atoms with E-state index in [1.54, 1.807) is 6.07 Å². The van der Waals surface area contributed by atoms with Gasteiger partial charge in [0, 0.05) is 11.8 Å². The van der Waals surface area contributed by atoms with Crippen molar-refractivity contribution in [1.82, 2.24) is 0 Å². The Hall–Kier alpha value is -2.00. The maximum atomic E-state index is 12.5. The van der Waals surface area contributed by atoms with E-state index in [0.717, 1.165) is 37.7 Å². The summed E-state index contributed by atoms with van der Waals surface area (Å²) < 4.78 is 10.9. The molecule has 5 rings (SSSR count). The zero-order valence-electron chi connectivity index (χ0n) is 18.0. The lowest BCUT2D eigenvalue weighted by atomic mass is 9.55. The molecule has 9 atom stereocenters. The lowest BCUT2D eigenvalue weighted by molar-refractivity contribution is -0.271. The lowest BCUT2D eigenvalue weighted by Crippen LogP contribution is -2.61. The molecule has 0 bridgehead atoms. The third kappa shape index (κ3) is 3.27. The molecule has 1 unspecified atom stereocenters. The SMILES string of the molecule is C[C@]12CC[C@@H]3c4ccc(OC5O[C@H](C(=O)O)[C@@H](O)[C@H](O)[C@H]5O)cc4CC[C@H]3[C@@H]1CCC2=O. The van der Waals surface area contributed by atoms with Crippen LogP contribution in [-0.4, -0.2) is 62.9 Å². The Morgan fingerprint density at radius 3 is 2.62 bits per heavy atom. The standard InChI is InChI=1S/C24H30O8/c1-24-9-8-14-13-5-3-12(10-11(13)2-4-15(14)16(24)6-7-17(24)25)31-23-20(28)18(26)19(27)21(32-23)22(29)30/h3,5,10,14-16,18-21,23,26-28H,2,4,6-9H2,1H3,(H,29,30)/t14-,15-,16+,18+,19+,20-,21+,23?,24+/m1/s1. The van der Waals surface area contributed by atoms with Gasteiger partial charge in [-0.15, -0.1) is 0 Å². The summed E-state index contributed by atoms with van der Waals surface area (Å²) in [6.45, 7) is 2.15. The maximum Gasteiger partial charge on any atom is 0.335 e. The second-order valence-electron chi connectivity index (χ2n) is 10.0. The number of aryl methyl sites for hydroxylation is 1. The van der Waals surface area contributed by atoms with Gasteiger partial charge < -0.3 is 29.9 Å². The molecule has 8 nitrogen and oxygen atoms in total. The number of ketones is 1. The summed E-state index contributed by atoms with van der Waals surface area (Å²) in [5.74, 6) is 0.773. The highest BCUT2D eigenvalue weighted by Gasteiger charge is 2.54. The van der Waals surface area contributed by atoms with E-state index in [4.69, 9.17) is 9.47 Å². The van der Waals surface area contributed by atoms with Crippen LogP contribution < -0.4 is 4.74 Å². The van der Waals surface area contributed by atoms with E-state index in [2.05, 4.69) is 6.92 Å². The molecular weight excluding hydrogens is 416 g/mol. The summed E-state index contributed by atoms with van der Waals surface area (Å²) in [4.78, 5) is 23.8. The highest BCUT2D eigenvalue weighted by atomic mass is 16.7. The molecule has 0 aromatic heterocycles. The van der Waals surface area contributed by atoms with Crippen LogP contribution in [0.1, 0.15) is 56.1 Å². The minimum Gasteiger partial charge on any atom is -0.479 e. The molecule has 1 aromatic rings. The molecule has 4 N–H and O–H groups in total. The summed E-state index contributed by atoms with van der Waals surface area (Å²) >= 11 is 0. The van der Waals surface area contributed by atoms with Gasteiger partial charge in [-0.2, -0.15) is 0 Å². The Balaban J connectivity index is 1.35. The van der Waals surface area contributed by atoms with E-state index in [-0.39, 0.29) is 5.41 Å². The van der Waals surface area contributed by atoms with Crippen molar-refractivity contribution in [2.24, 2.45) is 17.3 Å². The minimum atomic E-state index is -1.75. The number of fused-ring (bicyclic) bond motifs is 5. The van der Waals surface area contributed by atoms with Gasteiger partial charge in [0.15, 0.2) is 6.10 Å². The van der Waals surface area contributed by atoms with Crippen molar-refractivity contribution in [3.63, 3.8) is 0 Å². The number of aliphatic carboxylic acids is 1. The van der Waals surface area contributed by atoms with Gasteiger partial charge in [0.2, 0.25) is 6.29 Å². The average molecular weight is 446 g/mol. The molecule has 3 fully saturated rings. The molecule has 8 heteroatoms. The molecule has 3 aliphatic carbocycles. The van der Waals surface area contributed by atoms with E-state index in [1.807, 2.05) is 12.1 Å². The number of ether oxygens (including phenoxy) is 2. The van der Waals surface area contributed by atoms with E-state index >= 15 is 0 Å². The van der Waals surface area contributed by atoms with Gasteiger partial charge in [0.05, 0.1) is 0 Å². The number of rotatable bonds is 3. The van der Waals surface area contributed by atoms with Crippen LogP contribution in [0.3, 0.4) is 0 Å². The van der Waals surface area contributed by atoms with Gasteiger partial charge in [-0.3, -0.25) is 4.79 Å². The third-order valence-electron chi connectivity index (χ3n) is 8.47. The van der Waals surface area contributed by atoms with Crippen molar-refractivity contribution >= 4 is 11.8 Å². The maximum absolute atomic E-state index is 12.5. The fraction of sp³-hybridized carbons (Fsp3) is 0.667. The summed E-state index contributed by atoms with van der Waals surface area (Å²) in [5, 5.41) is 39.3. The fourth-order valence-corrected chi connectivity index (χ4v) is 6.69. The summed E-state index contributed by atoms with van der Waals surface area (Å²) in [6, 6.07) is 5.69. The first kappa shape index (κ1) is 21.8. The number of carbonyl (C=O) groups is 2. The Morgan fingerprint density at radius 1 is 1.09 bits per heavy atom. The van der Waals surface area contributed by atoms with Crippen LogP contribution in [0.5, 0.6) is 5.75 Å². The normalized spacial score (nSPS) is 43.2. The van der Waals surface area contributed by atoms with Gasteiger partial charge in [-0.1, -0.05) is 13.0 Å². The van der Waals surface area contributed by atoms with Gasteiger partial charge in [0.25, 0.3) is 0 Å². The minimum absolute atomic E-state index is 0.164. The third-order valence-corrected chi connectivity index (χ3v) is 8.47. The predicted octanol–water partition coefficient (Wildman–Crippen LogP) is 1.38. The highest BCUT2D eigenvalue weighted by molar-refractivity contribution is 5.87. The zero-order chi connectivity index (χ0) is 22.8. The Labute approximate surface area is 186 Å². The van der Waals surface area contributed by atoms with Crippen LogP contribution in [0.25, 0.3) is 0 Å². The number of carboxylic acids is 1. The molecule has 4 aliphatic rings. The molecule has 0 radical (unpaired) electrons. The highest BCUT2D eigenvalue weighted by Crippen LogP contribution is 2.59. The monoisotopic (exact) mass is 446 g/mol. The Bertz CT molecular complexity index is 931. The quantitative estimate of drug-likeness (QED) is 0.547. The smallest absolute Gasteiger partial charge is 0.335 e. The molecule has 1 aromatic carbocycles. The largest absolute Gasteiger partial charge is 0.479 e. The topological polar surface area (TPSA) is 134 Å². The van der Waals surface area contributed by atoms with Gasteiger partial charge in [0.1, 0.15) is 29.8 Å². The van der Waals surface area contributed by atoms with Gasteiger partial charge in [-0.25, -0.2) is 4.79 Å². The molecule has 174 valence electrons. The zero-order valence-corrected chi connectivity index (χ0v) is 18.0. The second kappa shape index (κ2) is 7.80. The molecular formula is C24H30O8. The number of hydrogen-bond donors (Lipinski definition) is 4. The van der Waals surface area contributed by atoms with Crippen molar-refractivity contribution in [2.75, 3.05) is 0 Å². The summed E-state index contributed by atoms with van der Waals surface area (Å²) in [5.41, 5.74) is 2.26. The number of Topliss-reactive ketones (excluding diaryl/α,β-unsaturated/α-hetero) is 1. The number of carbonyl (C=O) groups excluding carboxylic acids is 1. The number of benzene rings is 1. The van der Waals surface area contributed by atoms with E-state index < -0.39 is 36.7 Å². The van der Waals surface area contributed by atoms with Crippen LogP contribution >= 0.6 is 0 Å². The van der Waals surface area contributed by atoms with Crippen LogP contribution in [-0.2, 0) is 20.7 Å². The second-order valence-corrected chi connectivity index (χ2v) is 10.0. The van der Waals surface area contributed by atoms with Crippen molar-refractivity contribution in [2.45, 2.75) is 82.1 Å².